The van der Waals surface area contributed by atoms with Gasteiger partial charge in [-0.1, -0.05) is 65.5 Å². The molecule has 0 radical (unpaired) electrons. The summed E-state index contributed by atoms with van der Waals surface area (Å²) in [5.74, 6) is 0. The molecule has 0 atom stereocenters. The number of nitrogens with zero attached hydrogens (tertiary/aromatic N) is 3. The van der Waals surface area contributed by atoms with Crippen molar-refractivity contribution in [2.45, 2.75) is 19.3 Å². The van der Waals surface area contributed by atoms with Crippen molar-refractivity contribution in [3.05, 3.63) is 71.9 Å². The highest BCUT2D eigenvalue weighted by Gasteiger charge is 2.14. The quantitative estimate of drug-likeness (QED) is 0.729. The fourth-order valence-electron chi connectivity index (χ4n) is 2.45. The van der Waals surface area contributed by atoms with E-state index in [0.29, 0.717) is 5.69 Å². The zero-order valence-corrected chi connectivity index (χ0v) is 11.7. The molecule has 3 rings (SSSR count). The van der Waals surface area contributed by atoms with Crippen LogP contribution in [0.4, 0.5) is 0 Å². The minimum atomic E-state index is 0.684. The predicted molar refractivity (Wildman–Crippen MR) is 81.1 cm³/mol. The summed E-state index contributed by atoms with van der Waals surface area (Å²) >= 11 is 0. The Hall–Kier alpha value is -2.62. The van der Waals surface area contributed by atoms with E-state index in [9.17, 15) is 5.21 Å². The zero-order valence-electron chi connectivity index (χ0n) is 11.7. The third-order valence-corrected chi connectivity index (χ3v) is 3.49. The van der Waals surface area contributed by atoms with Crippen LogP contribution in [-0.2, 0) is 12.8 Å². The van der Waals surface area contributed by atoms with Crippen molar-refractivity contribution in [1.29, 1.82) is 0 Å². The first-order valence-corrected chi connectivity index (χ1v) is 7.08. The highest BCUT2D eigenvalue weighted by Crippen LogP contribution is 2.22. The largest absolute Gasteiger partial charge is 0.410 e. The van der Waals surface area contributed by atoms with Crippen molar-refractivity contribution in [2.24, 2.45) is 0 Å². The van der Waals surface area contributed by atoms with Crippen LogP contribution in [0.1, 0.15) is 17.7 Å². The molecule has 21 heavy (non-hydrogen) atoms. The van der Waals surface area contributed by atoms with Gasteiger partial charge in [0.15, 0.2) is 0 Å². The topological polar surface area (TPSA) is 50.9 Å². The molecule has 3 aromatic rings. The lowest BCUT2D eigenvalue weighted by atomic mass is 10.0. The monoisotopic (exact) mass is 279 g/mol. The maximum absolute atomic E-state index is 9.84. The van der Waals surface area contributed by atoms with E-state index in [2.05, 4.69) is 34.6 Å². The number of aryl methyl sites for hydroxylation is 2. The Morgan fingerprint density at radius 2 is 1.52 bits per heavy atom. The SMILES string of the molecule is On1nnc(CCCc2ccccc2)c1-c1ccccc1. The molecule has 0 bridgehead atoms. The molecule has 2 aromatic carbocycles. The summed E-state index contributed by atoms with van der Waals surface area (Å²) in [6.07, 6.45) is 2.76. The van der Waals surface area contributed by atoms with Crippen LogP contribution in [0.15, 0.2) is 60.7 Å². The van der Waals surface area contributed by atoms with Crippen molar-refractivity contribution in [3.63, 3.8) is 0 Å². The van der Waals surface area contributed by atoms with Gasteiger partial charge in [-0.2, -0.15) is 0 Å². The fraction of sp³-hybridized carbons (Fsp3) is 0.176. The summed E-state index contributed by atoms with van der Waals surface area (Å²) < 4.78 is 0. The maximum atomic E-state index is 9.84. The summed E-state index contributed by atoms with van der Waals surface area (Å²) in [4.78, 5) is 0.868. The van der Waals surface area contributed by atoms with Crippen molar-refractivity contribution in [3.8, 4) is 11.3 Å². The molecule has 0 aliphatic rings. The van der Waals surface area contributed by atoms with E-state index < -0.39 is 0 Å². The first-order valence-electron chi connectivity index (χ1n) is 7.08. The van der Waals surface area contributed by atoms with Crippen LogP contribution >= 0.6 is 0 Å². The van der Waals surface area contributed by atoms with Crippen LogP contribution < -0.4 is 0 Å². The average Bonchev–Trinajstić information content (AvgIpc) is 2.90. The molecular formula is C17H17N3O. The number of hydrogen-bond donors (Lipinski definition) is 1. The van der Waals surface area contributed by atoms with Crippen LogP contribution in [0.2, 0.25) is 0 Å². The van der Waals surface area contributed by atoms with E-state index in [1.807, 2.05) is 36.4 Å². The Morgan fingerprint density at radius 1 is 0.857 bits per heavy atom. The van der Waals surface area contributed by atoms with Crippen LogP contribution in [-0.4, -0.2) is 20.4 Å². The average molecular weight is 279 g/mol. The second kappa shape index (κ2) is 6.22. The summed E-state index contributed by atoms with van der Waals surface area (Å²) in [5.41, 5.74) is 3.76. The van der Waals surface area contributed by atoms with Gasteiger partial charge < -0.3 is 5.21 Å². The second-order valence-electron chi connectivity index (χ2n) is 4.98. The zero-order chi connectivity index (χ0) is 14.5. The standard InChI is InChI=1S/C17H17N3O/c21-20-17(15-11-5-2-6-12-15)16(18-19-20)13-7-10-14-8-3-1-4-9-14/h1-6,8-9,11-12,21H,7,10,13H2. The summed E-state index contributed by atoms with van der Waals surface area (Å²) in [6, 6.07) is 20.1. The molecule has 0 amide bonds. The molecule has 0 saturated carbocycles. The lowest BCUT2D eigenvalue weighted by Gasteiger charge is -2.04. The van der Waals surface area contributed by atoms with Gasteiger partial charge >= 0.3 is 0 Å². The van der Waals surface area contributed by atoms with E-state index in [1.165, 1.54) is 5.56 Å². The lowest BCUT2D eigenvalue weighted by molar-refractivity contribution is 0.147. The Balaban J connectivity index is 1.72. The summed E-state index contributed by atoms with van der Waals surface area (Å²) in [6.45, 7) is 0. The van der Waals surface area contributed by atoms with Crippen molar-refractivity contribution < 1.29 is 5.21 Å². The predicted octanol–water partition coefficient (Wildman–Crippen LogP) is 3.36. The molecular weight excluding hydrogens is 262 g/mol. The molecule has 0 aliphatic heterocycles. The summed E-state index contributed by atoms with van der Waals surface area (Å²) in [7, 11) is 0. The van der Waals surface area contributed by atoms with Crippen molar-refractivity contribution in [1.82, 2.24) is 15.2 Å². The van der Waals surface area contributed by atoms with Crippen LogP contribution in [0.5, 0.6) is 0 Å². The first-order chi connectivity index (χ1) is 10.3. The van der Waals surface area contributed by atoms with Crippen LogP contribution in [0, 0.1) is 0 Å². The van der Waals surface area contributed by atoms with Gasteiger partial charge in [-0.3, -0.25) is 0 Å². The smallest absolute Gasteiger partial charge is 0.133 e. The molecule has 1 aromatic heterocycles. The van der Waals surface area contributed by atoms with Gasteiger partial charge in [0.25, 0.3) is 0 Å². The highest BCUT2D eigenvalue weighted by molar-refractivity contribution is 5.61. The van der Waals surface area contributed by atoms with E-state index in [1.54, 1.807) is 0 Å². The van der Waals surface area contributed by atoms with Crippen molar-refractivity contribution in [2.75, 3.05) is 0 Å². The van der Waals surface area contributed by atoms with Gasteiger partial charge in [0, 0.05) is 5.56 Å². The minimum Gasteiger partial charge on any atom is -0.410 e. The van der Waals surface area contributed by atoms with Crippen LogP contribution in [0.3, 0.4) is 0 Å². The highest BCUT2D eigenvalue weighted by atomic mass is 16.5. The van der Waals surface area contributed by atoms with E-state index in [4.69, 9.17) is 0 Å². The number of rotatable bonds is 5. The van der Waals surface area contributed by atoms with Gasteiger partial charge in [-0.15, -0.1) is 5.10 Å². The molecule has 0 spiro atoms. The third-order valence-electron chi connectivity index (χ3n) is 3.49. The molecule has 4 heteroatoms. The number of benzene rings is 2. The molecule has 0 saturated heterocycles. The van der Waals surface area contributed by atoms with Gasteiger partial charge in [0.2, 0.25) is 0 Å². The first kappa shape index (κ1) is 13.4. The van der Waals surface area contributed by atoms with Gasteiger partial charge in [-0.25, -0.2) is 0 Å². The van der Waals surface area contributed by atoms with Crippen LogP contribution in [0.25, 0.3) is 11.3 Å². The summed E-state index contributed by atoms with van der Waals surface area (Å²) in [5, 5.41) is 17.7. The second-order valence-corrected chi connectivity index (χ2v) is 4.98. The third kappa shape index (κ3) is 3.11. The van der Waals surface area contributed by atoms with E-state index in [0.717, 1.165) is 35.4 Å². The molecule has 1 N–H and O–H groups in total. The molecule has 0 unspecified atom stereocenters. The Bertz CT molecular complexity index is 693. The van der Waals surface area contributed by atoms with E-state index >= 15 is 0 Å². The molecule has 0 aliphatic carbocycles. The van der Waals surface area contributed by atoms with Gasteiger partial charge in [-0.05, 0) is 30.0 Å². The Kier molecular flexibility index (Phi) is 3.96. The molecule has 0 fully saturated rings. The Morgan fingerprint density at radius 3 is 2.24 bits per heavy atom. The molecule has 4 nitrogen and oxygen atoms in total. The fourth-order valence-corrected chi connectivity index (χ4v) is 2.45. The normalized spacial score (nSPS) is 10.7. The van der Waals surface area contributed by atoms with Crippen molar-refractivity contribution >= 4 is 0 Å². The van der Waals surface area contributed by atoms with Gasteiger partial charge in [0.05, 0.1) is 5.69 Å². The number of hydrogen-bond acceptors (Lipinski definition) is 3. The minimum absolute atomic E-state index is 0.684. The van der Waals surface area contributed by atoms with E-state index in [-0.39, 0.29) is 0 Å². The lowest BCUT2D eigenvalue weighted by Crippen LogP contribution is -1.97. The molecule has 1 heterocycles. The van der Waals surface area contributed by atoms with Gasteiger partial charge in [0.1, 0.15) is 5.69 Å². The Labute approximate surface area is 123 Å². The number of aromatic nitrogens is 3. The molecule has 106 valence electrons. The maximum Gasteiger partial charge on any atom is 0.133 e.